The Kier molecular flexibility index (Phi) is 6.07. The second-order valence-corrected chi connectivity index (χ2v) is 7.68. The first kappa shape index (κ1) is 16.5. The van der Waals surface area contributed by atoms with Crippen molar-refractivity contribution in [3.63, 3.8) is 0 Å². The van der Waals surface area contributed by atoms with Crippen molar-refractivity contribution in [3.8, 4) is 0 Å². The van der Waals surface area contributed by atoms with Gasteiger partial charge in [0, 0.05) is 49.5 Å². The van der Waals surface area contributed by atoms with Crippen LogP contribution in [-0.2, 0) is 19.4 Å². The molecule has 2 aromatic heterocycles. The lowest BCUT2D eigenvalue weighted by Gasteiger charge is -2.27. The van der Waals surface area contributed by atoms with Crippen LogP contribution in [-0.4, -0.2) is 44.1 Å². The first-order valence-electron chi connectivity index (χ1n) is 8.09. The highest BCUT2D eigenvalue weighted by Gasteiger charge is 2.16. The van der Waals surface area contributed by atoms with Crippen molar-refractivity contribution in [2.75, 3.05) is 33.2 Å². The number of hydrogen-bond acceptors (Lipinski definition) is 4. The van der Waals surface area contributed by atoms with Gasteiger partial charge in [0.1, 0.15) is 0 Å². The third-order valence-electron chi connectivity index (χ3n) is 4.07. The second kappa shape index (κ2) is 8.47. The van der Waals surface area contributed by atoms with E-state index in [2.05, 4.69) is 49.5 Å². The van der Waals surface area contributed by atoms with Crippen LogP contribution in [0.2, 0.25) is 0 Å². The molecule has 6 heteroatoms. The zero-order valence-corrected chi connectivity index (χ0v) is 15.2. The van der Waals surface area contributed by atoms with Gasteiger partial charge in [-0.1, -0.05) is 6.07 Å². The maximum absolute atomic E-state index is 4.30. The van der Waals surface area contributed by atoms with Crippen LogP contribution in [0, 0.1) is 0 Å². The number of thiophene rings is 2. The number of hydrogen-bond donors (Lipinski definition) is 2. The fraction of sp³-hybridized carbons (Fsp3) is 0.471. The van der Waals surface area contributed by atoms with E-state index in [1.165, 1.54) is 23.4 Å². The lowest BCUT2D eigenvalue weighted by atomic mass is 10.1. The van der Waals surface area contributed by atoms with Crippen molar-refractivity contribution < 1.29 is 0 Å². The molecule has 0 fully saturated rings. The van der Waals surface area contributed by atoms with Gasteiger partial charge in [0.15, 0.2) is 5.96 Å². The third kappa shape index (κ3) is 4.80. The van der Waals surface area contributed by atoms with Crippen LogP contribution in [0.1, 0.15) is 15.3 Å². The van der Waals surface area contributed by atoms with E-state index in [-0.39, 0.29) is 0 Å². The van der Waals surface area contributed by atoms with Gasteiger partial charge >= 0.3 is 0 Å². The molecule has 0 saturated heterocycles. The molecular weight excluding hydrogens is 324 g/mol. The summed E-state index contributed by atoms with van der Waals surface area (Å²) in [4.78, 5) is 9.79. The highest BCUT2D eigenvalue weighted by Crippen LogP contribution is 2.23. The molecule has 4 nitrogen and oxygen atoms in total. The van der Waals surface area contributed by atoms with Gasteiger partial charge in [-0.15, -0.1) is 22.7 Å². The maximum Gasteiger partial charge on any atom is 0.191 e. The van der Waals surface area contributed by atoms with Crippen LogP contribution < -0.4 is 10.6 Å². The number of guanidine groups is 1. The van der Waals surface area contributed by atoms with E-state index >= 15 is 0 Å². The quantitative estimate of drug-likeness (QED) is 0.623. The average Bonchev–Trinajstić information content (AvgIpc) is 3.24. The molecular formula is C17H24N4S2. The van der Waals surface area contributed by atoms with Crippen LogP contribution >= 0.6 is 22.7 Å². The van der Waals surface area contributed by atoms with Gasteiger partial charge in [0.25, 0.3) is 0 Å². The van der Waals surface area contributed by atoms with Gasteiger partial charge in [-0.25, -0.2) is 0 Å². The third-order valence-corrected chi connectivity index (χ3v) is 6.03. The van der Waals surface area contributed by atoms with Gasteiger partial charge in [-0.3, -0.25) is 9.89 Å². The van der Waals surface area contributed by atoms with Crippen molar-refractivity contribution in [1.82, 2.24) is 15.5 Å². The van der Waals surface area contributed by atoms with Gasteiger partial charge in [-0.05, 0) is 41.3 Å². The van der Waals surface area contributed by atoms with Crippen molar-refractivity contribution >= 4 is 28.6 Å². The molecule has 0 spiro atoms. The molecule has 0 bridgehead atoms. The van der Waals surface area contributed by atoms with Gasteiger partial charge in [-0.2, -0.15) is 0 Å². The molecule has 0 unspecified atom stereocenters. The first-order valence-corrected chi connectivity index (χ1v) is 9.85. The lowest BCUT2D eigenvalue weighted by Crippen LogP contribution is -2.43. The van der Waals surface area contributed by atoms with Crippen molar-refractivity contribution in [2.45, 2.75) is 19.4 Å². The van der Waals surface area contributed by atoms with E-state index in [0.717, 1.165) is 38.6 Å². The van der Waals surface area contributed by atoms with E-state index in [1.807, 2.05) is 29.7 Å². The summed E-state index contributed by atoms with van der Waals surface area (Å²) >= 11 is 3.70. The fourth-order valence-electron chi connectivity index (χ4n) is 2.81. The van der Waals surface area contributed by atoms with E-state index in [9.17, 15) is 0 Å². The maximum atomic E-state index is 4.30. The average molecular weight is 349 g/mol. The summed E-state index contributed by atoms with van der Waals surface area (Å²) in [5.74, 6) is 0.898. The molecule has 0 aromatic carbocycles. The predicted octanol–water partition coefficient (Wildman–Crippen LogP) is 2.58. The van der Waals surface area contributed by atoms with Crippen LogP contribution in [0.5, 0.6) is 0 Å². The van der Waals surface area contributed by atoms with Gasteiger partial charge in [0.05, 0.1) is 0 Å². The van der Waals surface area contributed by atoms with Crippen molar-refractivity contribution in [2.24, 2.45) is 4.99 Å². The fourth-order valence-corrected chi connectivity index (χ4v) is 4.41. The summed E-state index contributed by atoms with van der Waals surface area (Å²) in [6.45, 7) is 5.16. The minimum absolute atomic E-state index is 0.898. The number of nitrogens with zero attached hydrogens (tertiary/aromatic N) is 2. The largest absolute Gasteiger partial charge is 0.356 e. The molecule has 0 radical (unpaired) electrons. The topological polar surface area (TPSA) is 39.7 Å². The normalized spacial score (nSPS) is 15.4. The molecule has 3 rings (SSSR count). The summed E-state index contributed by atoms with van der Waals surface area (Å²) in [7, 11) is 1.83. The van der Waals surface area contributed by atoms with E-state index < -0.39 is 0 Å². The summed E-state index contributed by atoms with van der Waals surface area (Å²) in [6, 6.07) is 6.55. The van der Waals surface area contributed by atoms with Crippen LogP contribution in [0.15, 0.2) is 34.0 Å². The van der Waals surface area contributed by atoms with E-state index in [4.69, 9.17) is 0 Å². The summed E-state index contributed by atoms with van der Waals surface area (Å²) in [5.41, 5.74) is 1.51. The summed E-state index contributed by atoms with van der Waals surface area (Å²) < 4.78 is 0. The van der Waals surface area contributed by atoms with Crippen LogP contribution in [0.25, 0.3) is 0 Å². The Morgan fingerprint density at radius 1 is 1.22 bits per heavy atom. The smallest absolute Gasteiger partial charge is 0.191 e. The number of fused-ring (bicyclic) bond motifs is 1. The SMILES string of the molecule is CN=C(NCCc1cccs1)NCCN1CCc2sccc2C1. The standard InChI is InChI=1S/C17H24N4S2/c1-18-17(19-7-4-15-3-2-11-22-15)20-8-10-21-9-5-16-14(13-21)6-12-23-16/h2-3,6,11-12H,4-5,7-10,13H2,1H3,(H2,18,19,20). The lowest BCUT2D eigenvalue weighted by molar-refractivity contribution is 0.260. The minimum Gasteiger partial charge on any atom is -0.356 e. The Labute approximate surface area is 146 Å². The van der Waals surface area contributed by atoms with Gasteiger partial charge in [0.2, 0.25) is 0 Å². The number of aliphatic imine (C=N–C) groups is 1. The van der Waals surface area contributed by atoms with E-state index in [0.29, 0.717) is 0 Å². The molecule has 2 N–H and O–H groups in total. The Balaban J connectivity index is 1.34. The number of nitrogens with one attached hydrogen (secondary N) is 2. The Hall–Kier alpha value is -1.37. The molecule has 0 amide bonds. The molecule has 0 aliphatic carbocycles. The van der Waals surface area contributed by atoms with Crippen molar-refractivity contribution in [3.05, 3.63) is 44.3 Å². The number of rotatable bonds is 6. The molecule has 0 saturated carbocycles. The van der Waals surface area contributed by atoms with Gasteiger partial charge < -0.3 is 10.6 Å². The molecule has 1 aliphatic rings. The second-order valence-electron chi connectivity index (χ2n) is 5.65. The zero-order chi connectivity index (χ0) is 15.9. The minimum atomic E-state index is 0.898. The summed E-state index contributed by atoms with van der Waals surface area (Å²) in [5, 5.41) is 11.1. The zero-order valence-electron chi connectivity index (χ0n) is 13.5. The molecule has 23 heavy (non-hydrogen) atoms. The highest BCUT2D eigenvalue weighted by molar-refractivity contribution is 7.10. The van der Waals surface area contributed by atoms with E-state index in [1.54, 1.807) is 4.88 Å². The molecule has 1 aliphatic heterocycles. The molecule has 2 aromatic rings. The molecule has 0 atom stereocenters. The highest BCUT2D eigenvalue weighted by atomic mass is 32.1. The molecule has 3 heterocycles. The Bertz CT molecular complexity index is 618. The first-order chi connectivity index (χ1) is 11.3. The van der Waals surface area contributed by atoms with Crippen LogP contribution in [0.4, 0.5) is 0 Å². The Morgan fingerprint density at radius 2 is 2.13 bits per heavy atom. The van der Waals surface area contributed by atoms with Crippen molar-refractivity contribution in [1.29, 1.82) is 0 Å². The monoisotopic (exact) mass is 348 g/mol. The molecule has 124 valence electrons. The predicted molar refractivity (Wildman–Crippen MR) is 101 cm³/mol. The Morgan fingerprint density at radius 3 is 2.96 bits per heavy atom. The van der Waals surface area contributed by atoms with Crippen LogP contribution in [0.3, 0.4) is 0 Å². The summed E-state index contributed by atoms with van der Waals surface area (Å²) in [6.07, 6.45) is 2.24.